The van der Waals surface area contributed by atoms with Gasteiger partial charge in [0.05, 0.1) is 26.3 Å². The molecule has 0 bridgehead atoms. The van der Waals surface area contributed by atoms with E-state index in [0.717, 1.165) is 23.8 Å². The molecule has 16 heteroatoms. The lowest BCUT2D eigenvalue weighted by atomic mass is 10.0. The van der Waals surface area contributed by atoms with E-state index in [1.54, 1.807) is 12.3 Å². The van der Waals surface area contributed by atoms with Crippen LogP contribution in [0, 0.1) is 0 Å². The number of anilines is 1. The minimum Gasteiger partial charge on any atom is -0.477 e. The normalized spacial score (nSPS) is 20.1. The smallest absolute Gasteiger partial charge is 0.352 e. The van der Waals surface area contributed by atoms with E-state index < -0.39 is 29.2 Å². The number of carboxylic acid groups (broad SMARTS) is 1. The van der Waals surface area contributed by atoms with Gasteiger partial charge < -0.3 is 25.5 Å². The molecule has 1 saturated heterocycles. The number of quaternary nitrogens is 1. The summed E-state index contributed by atoms with van der Waals surface area (Å²) in [5, 5.41) is 22.6. The summed E-state index contributed by atoms with van der Waals surface area (Å²) in [6.07, 6.45) is 5.35. The predicted octanol–water partition coefficient (Wildman–Crippen LogP) is -0.235. The molecule has 0 aliphatic carbocycles. The molecular weight excluding hydrogens is 522 g/mol. The van der Waals surface area contributed by atoms with Crippen molar-refractivity contribution in [3.05, 3.63) is 47.2 Å². The zero-order chi connectivity index (χ0) is 26.7. The van der Waals surface area contributed by atoms with E-state index >= 15 is 0 Å². The minimum atomic E-state index is -1.21. The number of fused-ring (bicyclic) bond motifs is 1. The lowest BCUT2D eigenvalue weighted by molar-refractivity contribution is -0.898. The van der Waals surface area contributed by atoms with Gasteiger partial charge in [0.1, 0.15) is 30.8 Å². The summed E-state index contributed by atoms with van der Waals surface area (Å²) in [5.41, 5.74) is 6.78. The Morgan fingerprint density at radius 3 is 2.86 bits per heavy atom. The van der Waals surface area contributed by atoms with Crippen molar-refractivity contribution in [1.29, 1.82) is 0 Å². The minimum absolute atomic E-state index is 0.0332. The molecule has 14 nitrogen and oxygen atoms in total. The average Bonchev–Trinajstić information content (AvgIpc) is 3.51. The van der Waals surface area contributed by atoms with Crippen LogP contribution in [0.25, 0.3) is 0 Å². The molecule has 2 aromatic rings. The highest BCUT2D eigenvalue weighted by Gasteiger charge is 2.54. The van der Waals surface area contributed by atoms with Gasteiger partial charge in [-0.3, -0.25) is 19.6 Å². The molecule has 2 aliphatic rings. The van der Waals surface area contributed by atoms with Crippen molar-refractivity contribution in [2.45, 2.75) is 18.0 Å². The van der Waals surface area contributed by atoms with Gasteiger partial charge >= 0.3 is 5.97 Å². The van der Waals surface area contributed by atoms with Crippen molar-refractivity contribution in [2.24, 2.45) is 5.16 Å². The topological polar surface area (TPSA) is 189 Å². The van der Waals surface area contributed by atoms with Crippen molar-refractivity contribution in [2.75, 3.05) is 39.2 Å². The zero-order valence-electron chi connectivity index (χ0n) is 20.2. The first-order chi connectivity index (χ1) is 17.6. The highest BCUT2D eigenvalue weighted by molar-refractivity contribution is 8.00. The number of aromatic nitrogens is 4. The molecule has 5 N–H and O–H groups in total. The van der Waals surface area contributed by atoms with E-state index in [1.807, 2.05) is 26.2 Å². The summed E-state index contributed by atoms with van der Waals surface area (Å²) in [7, 11) is 5.35. The SMILES string of the molecule is CO/N=C(\C(=O)N[C@@H]1C(=O)N2C(C(=O)O)=C(/C=C/C[N+](C)(C)Cc3ccn[nH]3)CS[C@@H]12)c1nsc(N)n1. The quantitative estimate of drug-likeness (QED) is 0.134. The third-order valence-corrected chi connectivity index (χ3v) is 7.46. The van der Waals surface area contributed by atoms with Gasteiger partial charge in [-0.25, -0.2) is 4.79 Å². The number of amides is 2. The number of rotatable bonds is 10. The fourth-order valence-corrected chi connectivity index (χ4v) is 5.72. The molecule has 196 valence electrons. The van der Waals surface area contributed by atoms with Crippen LogP contribution in [0.5, 0.6) is 0 Å². The second-order valence-electron chi connectivity index (χ2n) is 8.88. The number of thioether (sulfide) groups is 1. The molecule has 2 aromatic heterocycles. The molecule has 2 amide bonds. The Kier molecular flexibility index (Phi) is 7.60. The van der Waals surface area contributed by atoms with Gasteiger partial charge in [0, 0.05) is 23.5 Å². The highest BCUT2D eigenvalue weighted by atomic mass is 32.2. The van der Waals surface area contributed by atoms with Crippen LogP contribution in [-0.2, 0) is 25.8 Å². The number of β-lactam (4-membered cyclic amide) rings is 1. The molecule has 4 heterocycles. The first-order valence-electron chi connectivity index (χ1n) is 11.0. The number of H-pyrrole nitrogens is 1. The second kappa shape index (κ2) is 10.7. The van der Waals surface area contributed by atoms with Crippen LogP contribution in [0.2, 0.25) is 0 Å². The van der Waals surface area contributed by atoms with E-state index in [9.17, 15) is 19.5 Å². The first-order valence-corrected chi connectivity index (χ1v) is 12.8. The monoisotopic (exact) mass is 548 g/mol. The maximum atomic E-state index is 13.0. The van der Waals surface area contributed by atoms with E-state index in [2.05, 4.69) is 30.0 Å². The third-order valence-electron chi connectivity index (χ3n) is 5.61. The van der Waals surface area contributed by atoms with Gasteiger partial charge in [0.25, 0.3) is 11.8 Å². The molecule has 0 radical (unpaired) electrons. The van der Waals surface area contributed by atoms with Crippen LogP contribution in [0.3, 0.4) is 0 Å². The Bertz CT molecular complexity index is 1290. The number of oxime groups is 1. The molecule has 0 aromatic carbocycles. The van der Waals surface area contributed by atoms with Crippen molar-refractivity contribution in [1.82, 2.24) is 29.8 Å². The van der Waals surface area contributed by atoms with Gasteiger partial charge in [-0.05, 0) is 17.7 Å². The molecule has 0 spiro atoms. The average molecular weight is 549 g/mol. The van der Waals surface area contributed by atoms with Crippen LogP contribution >= 0.6 is 23.3 Å². The van der Waals surface area contributed by atoms with E-state index in [1.165, 1.54) is 23.8 Å². The summed E-state index contributed by atoms with van der Waals surface area (Å²) in [6.45, 7) is 1.35. The Morgan fingerprint density at radius 2 is 2.24 bits per heavy atom. The Morgan fingerprint density at radius 1 is 1.46 bits per heavy atom. The number of nitrogens with zero attached hydrogens (tertiary/aromatic N) is 6. The third kappa shape index (κ3) is 5.65. The molecule has 1 fully saturated rings. The summed E-state index contributed by atoms with van der Waals surface area (Å²) in [4.78, 5) is 47.8. The first kappa shape index (κ1) is 26.3. The maximum absolute atomic E-state index is 13.0. The van der Waals surface area contributed by atoms with E-state index in [0.29, 0.717) is 22.4 Å². The standard InChI is InChI=1S/C21H25N9O5S2/c1-30(2,9-12-6-7-23-26-12)8-4-5-11-10-36-19-14(18(32)29(19)15(11)20(33)34)24-17(31)13(27-35-3)16-25-21(22)37-28-16/h4-7,14,19H,8-10H2,1-3H3,(H4-,22,23,24,25,26,28,31,33,34)/p+1/b5-4+,27-13-/t14-,19+/m1/s1. The van der Waals surface area contributed by atoms with Gasteiger partial charge in [0.15, 0.2) is 5.13 Å². The van der Waals surface area contributed by atoms with E-state index in [4.69, 9.17) is 10.6 Å². The van der Waals surface area contributed by atoms with Gasteiger partial charge in [-0.1, -0.05) is 11.2 Å². The molecular formula is C21H26N9O5S2+. The number of hydrogen-bond acceptors (Lipinski definition) is 11. The lowest BCUT2D eigenvalue weighted by Gasteiger charge is -2.49. The van der Waals surface area contributed by atoms with Gasteiger partial charge in [-0.15, -0.1) is 11.8 Å². The number of carbonyl (C=O) groups is 3. The number of carboxylic acids is 1. The number of allylic oxidation sites excluding steroid dienone is 1. The number of aliphatic carboxylic acids is 1. The number of carbonyl (C=O) groups excluding carboxylic acids is 2. The van der Waals surface area contributed by atoms with Crippen molar-refractivity contribution in [3.8, 4) is 0 Å². The Hall–Kier alpha value is -3.76. The molecule has 2 atom stereocenters. The number of likely N-dealkylation sites (N-methyl/N-ethyl adjacent to an activating group) is 1. The number of nitrogen functional groups attached to an aromatic ring is 1. The fourth-order valence-electron chi connectivity index (χ4n) is 3.97. The summed E-state index contributed by atoms with van der Waals surface area (Å²) >= 11 is 2.25. The van der Waals surface area contributed by atoms with Crippen LogP contribution < -0.4 is 11.1 Å². The number of hydrogen-bond donors (Lipinski definition) is 4. The van der Waals surface area contributed by atoms with Crippen molar-refractivity contribution >= 4 is 51.9 Å². The van der Waals surface area contributed by atoms with Crippen molar-refractivity contribution in [3.63, 3.8) is 0 Å². The molecule has 37 heavy (non-hydrogen) atoms. The Balaban J connectivity index is 1.46. The summed E-state index contributed by atoms with van der Waals surface area (Å²) in [5.74, 6) is -2.16. The van der Waals surface area contributed by atoms with Gasteiger partial charge in [0.2, 0.25) is 11.5 Å². The van der Waals surface area contributed by atoms with Crippen LogP contribution in [0.15, 0.2) is 40.8 Å². The summed E-state index contributed by atoms with van der Waals surface area (Å²) < 4.78 is 4.57. The molecule has 0 saturated carbocycles. The summed E-state index contributed by atoms with van der Waals surface area (Å²) in [6, 6.07) is 0.963. The number of nitrogens with two attached hydrogens (primary N) is 1. The van der Waals surface area contributed by atoms with Gasteiger partial charge in [-0.2, -0.15) is 14.5 Å². The van der Waals surface area contributed by atoms with Crippen LogP contribution in [0.1, 0.15) is 11.5 Å². The number of aromatic amines is 1. The van der Waals surface area contributed by atoms with Crippen LogP contribution in [-0.4, -0.2) is 102 Å². The highest BCUT2D eigenvalue weighted by Crippen LogP contribution is 2.40. The lowest BCUT2D eigenvalue weighted by Crippen LogP contribution is -2.71. The van der Waals surface area contributed by atoms with Crippen LogP contribution in [0.4, 0.5) is 5.13 Å². The predicted molar refractivity (Wildman–Crippen MR) is 136 cm³/mol. The molecule has 4 rings (SSSR count). The largest absolute Gasteiger partial charge is 0.477 e. The second-order valence-corrected chi connectivity index (χ2v) is 10.8. The fraction of sp³-hybridized carbons (Fsp3) is 0.381. The zero-order valence-corrected chi connectivity index (χ0v) is 21.9. The Labute approximate surface area is 220 Å². The number of nitrogens with one attached hydrogen (secondary N) is 2. The molecule has 0 unspecified atom stereocenters. The van der Waals surface area contributed by atoms with E-state index in [-0.39, 0.29) is 22.4 Å². The van der Waals surface area contributed by atoms with Crippen molar-refractivity contribution < 1.29 is 28.8 Å². The maximum Gasteiger partial charge on any atom is 0.352 e. The molecule has 2 aliphatic heterocycles.